The summed E-state index contributed by atoms with van der Waals surface area (Å²) in [5.74, 6) is 0. The number of aromatic nitrogens is 1. The predicted molar refractivity (Wildman–Crippen MR) is 218 cm³/mol. The first-order valence-corrected chi connectivity index (χ1v) is 17.7. The molecule has 0 atom stereocenters. The molecule has 1 heterocycles. The van der Waals surface area contributed by atoms with Gasteiger partial charge in [-0.05, 0) is 129 Å². The van der Waals surface area contributed by atoms with Crippen LogP contribution in [0, 0.1) is 0 Å². The number of pyridine rings is 1. The smallest absolute Gasteiger partial charge is 0.0273 e. The quantitative estimate of drug-likeness (QED) is 0.133. The Morgan fingerprint density at radius 1 is 0.471 bits per heavy atom. The molecule has 0 fully saturated rings. The molecular formula is C50H37N. The van der Waals surface area contributed by atoms with E-state index in [9.17, 15) is 0 Å². The largest absolute Gasteiger partial charge is 0.265 e. The topological polar surface area (TPSA) is 12.9 Å². The van der Waals surface area contributed by atoms with Crippen molar-refractivity contribution >= 4 is 37.9 Å². The molecule has 1 aliphatic carbocycles. The zero-order valence-electron chi connectivity index (χ0n) is 29.1. The fraction of sp³-hybridized carbons (Fsp3) is 0.0800. The average Bonchev–Trinajstić information content (AvgIpc) is 3.47. The molecule has 0 saturated heterocycles. The minimum absolute atomic E-state index is 0.0666. The summed E-state index contributed by atoms with van der Waals surface area (Å²) in [7, 11) is 0. The summed E-state index contributed by atoms with van der Waals surface area (Å²) in [5, 5.41) is 7.85. The Labute approximate surface area is 299 Å². The third kappa shape index (κ3) is 5.59. The second-order valence-electron chi connectivity index (χ2n) is 14.6. The number of hydrogen-bond acceptors (Lipinski definition) is 1. The molecule has 0 unspecified atom stereocenters. The zero-order valence-corrected chi connectivity index (χ0v) is 29.1. The van der Waals surface area contributed by atoms with Gasteiger partial charge in [-0.2, -0.15) is 0 Å². The number of nitrogens with zero attached hydrogens (tertiary/aromatic N) is 1. The van der Waals surface area contributed by atoms with Crippen LogP contribution in [-0.2, 0) is 5.41 Å². The van der Waals surface area contributed by atoms with Gasteiger partial charge in [-0.3, -0.25) is 4.98 Å². The summed E-state index contributed by atoms with van der Waals surface area (Å²) in [6, 6.07) is 47.6. The van der Waals surface area contributed by atoms with Crippen LogP contribution in [0.25, 0.3) is 82.4 Å². The van der Waals surface area contributed by atoms with Gasteiger partial charge in [-0.25, -0.2) is 0 Å². The first-order valence-electron chi connectivity index (χ1n) is 17.7. The summed E-state index contributed by atoms with van der Waals surface area (Å²) in [5.41, 5.74) is 16.7. The van der Waals surface area contributed by atoms with Crippen LogP contribution in [0.2, 0.25) is 0 Å². The van der Waals surface area contributed by atoms with Gasteiger partial charge in [0.2, 0.25) is 0 Å². The van der Waals surface area contributed by atoms with Crippen LogP contribution in [0.1, 0.15) is 31.9 Å². The van der Waals surface area contributed by atoms with Gasteiger partial charge >= 0.3 is 0 Å². The Morgan fingerprint density at radius 2 is 0.961 bits per heavy atom. The molecule has 8 aromatic rings. The third-order valence-corrected chi connectivity index (χ3v) is 10.4. The van der Waals surface area contributed by atoms with Crippen LogP contribution in [0.5, 0.6) is 0 Å². The number of hydrogen-bond donors (Lipinski definition) is 0. The van der Waals surface area contributed by atoms with Gasteiger partial charge < -0.3 is 0 Å². The van der Waals surface area contributed by atoms with Crippen LogP contribution in [0.15, 0.2) is 176 Å². The molecule has 0 radical (unpaired) electrons. The number of allylic oxidation sites excluding steroid dienone is 5. The van der Waals surface area contributed by atoms with Gasteiger partial charge in [0.1, 0.15) is 0 Å². The van der Waals surface area contributed by atoms with E-state index in [-0.39, 0.29) is 5.41 Å². The molecule has 0 saturated carbocycles. The van der Waals surface area contributed by atoms with E-state index in [0.717, 1.165) is 5.57 Å². The number of benzene rings is 7. The third-order valence-electron chi connectivity index (χ3n) is 10.4. The molecule has 51 heavy (non-hydrogen) atoms. The Balaban J connectivity index is 1.19. The van der Waals surface area contributed by atoms with Gasteiger partial charge in [-0.1, -0.05) is 148 Å². The SMILES string of the molecule is CC(C)(C)c1cc2ccc3c(-c4ccc(C5=CC=CC=C=C5)cc4)cc(-c4ccc(-c5ccc(-c6ccncc6)cc5)cc4)c4ccc(c1)c2c34. The van der Waals surface area contributed by atoms with Crippen LogP contribution in [-0.4, -0.2) is 4.98 Å². The lowest BCUT2D eigenvalue weighted by atomic mass is 9.81. The first-order chi connectivity index (χ1) is 24.9. The van der Waals surface area contributed by atoms with Crippen molar-refractivity contribution in [2.75, 3.05) is 0 Å². The van der Waals surface area contributed by atoms with Crippen LogP contribution in [0.4, 0.5) is 0 Å². The van der Waals surface area contributed by atoms with Crippen molar-refractivity contribution in [3.8, 4) is 44.5 Å². The van der Waals surface area contributed by atoms with Gasteiger partial charge in [0.15, 0.2) is 0 Å². The van der Waals surface area contributed by atoms with Gasteiger partial charge in [-0.15, -0.1) is 5.73 Å². The number of rotatable bonds is 5. The van der Waals surface area contributed by atoms with E-state index in [4.69, 9.17) is 0 Å². The summed E-state index contributed by atoms with van der Waals surface area (Å²) in [4.78, 5) is 4.16. The van der Waals surface area contributed by atoms with E-state index in [2.05, 4.69) is 171 Å². The highest BCUT2D eigenvalue weighted by Gasteiger charge is 2.20. The van der Waals surface area contributed by atoms with E-state index >= 15 is 0 Å². The highest BCUT2D eigenvalue weighted by Crippen LogP contribution is 2.45. The van der Waals surface area contributed by atoms with Crippen molar-refractivity contribution in [2.45, 2.75) is 26.2 Å². The highest BCUT2D eigenvalue weighted by molar-refractivity contribution is 6.28. The predicted octanol–water partition coefficient (Wildman–Crippen LogP) is 13.6. The molecule has 9 rings (SSSR count). The monoisotopic (exact) mass is 651 g/mol. The molecule has 242 valence electrons. The molecule has 7 aromatic carbocycles. The molecule has 1 aromatic heterocycles. The Bertz CT molecular complexity index is 2670. The molecule has 1 heteroatoms. The maximum atomic E-state index is 4.16. The maximum absolute atomic E-state index is 4.16. The second-order valence-corrected chi connectivity index (χ2v) is 14.6. The zero-order chi connectivity index (χ0) is 34.5. The van der Waals surface area contributed by atoms with Crippen LogP contribution >= 0.6 is 0 Å². The highest BCUT2D eigenvalue weighted by atomic mass is 14.6. The van der Waals surface area contributed by atoms with E-state index in [0.29, 0.717) is 0 Å². The standard InChI is InChI=1S/C50H37N/c1-50(2,3)43-30-41-22-24-44-46(39-18-14-34(15-19-39)33-8-6-4-5-7-9-33)32-47(45-25-23-42(31-43)48(41)49(44)45)40-20-16-36(17-21-40)35-10-12-37(13-11-35)38-26-28-51-29-27-38/h4-6,8-32H,1-3H3. The van der Waals surface area contributed by atoms with Crippen molar-refractivity contribution in [1.29, 1.82) is 0 Å². The normalized spacial score (nSPS) is 13.0. The van der Waals surface area contributed by atoms with Crippen LogP contribution < -0.4 is 0 Å². The van der Waals surface area contributed by atoms with Crippen molar-refractivity contribution < 1.29 is 0 Å². The van der Waals surface area contributed by atoms with E-state index in [1.165, 1.54) is 88.0 Å². The molecule has 0 N–H and O–H groups in total. The second kappa shape index (κ2) is 12.3. The van der Waals surface area contributed by atoms with Crippen LogP contribution in [0.3, 0.4) is 0 Å². The Hall–Kier alpha value is -6.27. The Morgan fingerprint density at radius 3 is 1.49 bits per heavy atom. The van der Waals surface area contributed by atoms with Gasteiger partial charge in [0.05, 0.1) is 0 Å². The van der Waals surface area contributed by atoms with Gasteiger partial charge in [0.25, 0.3) is 0 Å². The summed E-state index contributed by atoms with van der Waals surface area (Å²) in [6.07, 6.45) is 13.9. The molecule has 0 aliphatic heterocycles. The van der Waals surface area contributed by atoms with Crippen molar-refractivity contribution in [3.63, 3.8) is 0 Å². The first kappa shape index (κ1) is 30.8. The van der Waals surface area contributed by atoms with Gasteiger partial charge in [0, 0.05) is 12.4 Å². The summed E-state index contributed by atoms with van der Waals surface area (Å²) >= 11 is 0. The van der Waals surface area contributed by atoms with Crippen molar-refractivity contribution in [3.05, 3.63) is 187 Å². The molecule has 1 nitrogen and oxygen atoms in total. The Kier molecular flexibility index (Phi) is 7.39. The molecule has 1 aliphatic rings. The summed E-state index contributed by atoms with van der Waals surface area (Å²) in [6.45, 7) is 6.89. The fourth-order valence-electron chi connectivity index (χ4n) is 7.55. The lowest BCUT2D eigenvalue weighted by Gasteiger charge is -2.23. The molecule has 0 bridgehead atoms. The van der Waals surface area contributed by atoms with E-state index in [1.807, 2.05) is 30.6 Å². The lowest BCUT2D eigenvalue weighted by molar-refractivity contribution is 0.591. The van der Waals surface area contributed by atoms with E-state index in [1.54, 1.807) is 0 Å². The lowest BCUT2D eigenvalue weighted by Crippen LogP contribution is -2.10. The molecule has 0 amide bonds. The van der Waals surface area contributed by atoms with E-state index < -0.39 is 0 Å². The maximum Gasteiger partial charge on any atom is 0.0273 e. The molecular weight excluding hydrogens is 615 g/mol. The summed E-state index contributed by atoms with van der Waals surface area (Å²) < 4.78 is 0. The fourth-order valence-corrected chi connectivity index (χ4v) is 7.55. The molecule has 0 spiro atoms. The minimum Gasteiger partial charge on any atom is -0.265 e. The minimum atomic E-state index is 0.0666. The average molecular weight is 652 g/mol. The van der Waals surface area contributed by atoms with Crippen molar-refractivity contribution in [2.24, 2.45) is 0 Å². The van der Waals surface area contributed by atoms with Crippen molar-refractivity contribution in [1.82, 2.24) is 4.98 Å².